The maximum Gasteiger partial charge on any atom is 0.0998 e. The molecule has 0 radical (unpaired) electrons. The second kappa shape index (κ2) is 7.27. The third kappa shape index (κ3) is 2.52. The molecule has 0 aliphatic heterocycles. The molecule has 0 N–H and O–H groups in total. The largest absolute Gasteiger partial charge is 0.192 e. The van der Waals surface area contributed by atoms with Gasteiger partial charge in [-0.25, -0.2) is 0 Å². The molecule has 144 valence electrons. The van der Waals surface area contributed by atoms with Gasteiger partial charge in [0.05, 0.1) is 46.5 Å². The van der Waals surface area contributed by atoms with E-state index in [9.17, 15) is 21.0 Å². The summed E-state index contributed by atoms with van der Waals surface area (Å²) >= 11 is 0. The highest BCUT2D eigenvalue weighted by molar-refractivity contribution is 6.07. The van der Waals surface area contributed by atoms with E-state index in [1.54, 1.807) is 48.5 Å². The van der Waals surface area contributed by atoms with Crippen LogP contribution in [0, 0.1) is 45.3 Å². The molecule has 32 heavy (non-hydrogen) atoms. The molecular weight excluding hydrogens is 392 g/mol. The van der Waals surface area contributed by atoms with Gasteiger partial charge >= 0.3 is 0 Å². The molecule has 1 aliphatic rings. The lowest BCUT2D eigenvalue weighted by molar-refractivity contribution is 1.42. The van der Waals surface area contributed by atoms with Crippen LogP contribution in [0.3, 0.4) is 0 Å². The van der Waals surface area contributed by atoms with Crippen molar-refractivity contribution in [3.63, 3.8) is 0 Å². The van der Waals surface area contributed by atoms with Gasteiger partial charge < -0.3 is 0 Å². The monoisotopic (exact) mass is 404 g/mol. The topological polar surface area (TPSA) is 95.2 Å². The molecule has 0 amide bonds. The van der Waals surface area contributed by atoms with Gasteiger partial charge in [0.25, 0.3) is 0 Å². The van der Waals surface area contributed by atoms with Crippen molar-refractivity contribution in [1.29, 1.82) is 21.0 Å². The van der Waals surface area contributed by atoms with Gasteiger partial charge in [-0.1, -0.05) is 48.5 Å². The van der Waals surface area contributed by atoms with Crippen LogP contribution in [0.5, 0.6) is 0 Å². The molecule has 0 unspecified atom stereocenters. The van der Waals surface area contributed by atoms with Crippen LogP contribution in [-0.2, 0) is 0 Å². The molecule has 5 rings (SSSR count). The first-order valence-corrected chi connectivity index (χ1v) is 9.87. The zero-order valence-electron chi connectivity index (χ0n) is 16.7. The number of hydrogen-bond donors (Lipinski definition) is 0. The second-order valence-corrected chi connectivity index (χ2v) is 7.36. The quantitative estimate of drug-likeness (QED) is 0.309. The molecule has 4 aromatic carbocycles. The molecule has 0 spiro atoms. The molecule has 0 heterocycles. The molecular formula is C28H12N4. The van der Waals surface area contributed by atoms with Crippen molar-refractivity contribution in [2.75, 3.05) is 0 Å². The van der Waals surface area contributed by atoms with Crippen molar-refractivity contribution in [2.24, 2.45) is 0 Å². The molecule has 4 nitrogen and oxygen atoms in total. The fourth-order valence-corrected chi connectivity index (χ4v) is 4.56. The zero-order valence-corrected chi connectivity index (χ0v) is 16.7. The van der Waals surface area contributed by atoms with Gasteiger partial charge in [0.1, 0.15) is 0 Å². The highest BCUT2D eigenvalue weighted by Crippen LogP contribution is 2.51. The maximum atomic E-state index is 9.94. The minimum absolute atomic E-state index is 0.444. The molecule has 0 aromatic heterocycles. The van der Waals surface area contributed by atoms with E-state index in [4.69, 9.17) is 0 Å². The van der Waals surface area contributed by atoms with Crippen LogP contribution in [0.2, 0.25) is 0 Å². The van der Waals surface area contributed by atoms with Crippen molar-refractivity contribution >= 4 is 0 Å². The van der Waals surface area contributed by atoms with Gasteiger partial charge in [0.15, 0.2) is 0 Å². The molecule has 0 fully saturated rings. The summed E-state index contributed by atoms with van der Waals surface area (Å²) in [5, 5.41) is 39.8. The Labute approximate surface area is 185 Å². The third-order valence-corrected chi connectivity index (χ3v) is 5.82. The zero-order chi connectivity index (χ0) is 22.2. The Morgan fingerprint density at radius 3 is 0.750 bits per heavy atom. The van der Waals surface area contributed by atoms with Gasteiger partial charge in [-0.15, -0.1) is 0 Å². The second-order valence-electron chi connectivity index (χ2n) is 7.36. The Morgan fingerprint density at radius 1 is 0.344 bits per heavy atom. The molecule has 0 atom stereocenters. The minimum atomic E-state index is 0.444. The lowest BCUT2D eigenvalue weighted by Crippen LogP contribution is -2.03. The summed E-state index contributed by atoms with van der Waals surface area (Å²) in [5.41, 5.74) is 7.41. The van der Waals surface area contributed by atoms with Gasteiger partial charge in [-0.3, -0.25) is 0 Å². The number of benzene rings is 4. The van der Waals surface area contributed by atoms with Gasteiger partial charge in [0.2, 0.25) is 0 Å². The molecule has 1 aliphatic carbocycles. The standard InChI is InChI=1S/C28H12N4/c29-13-17-5-1-9-21-22-10-2-6-18(14-30)26(22)28-20(16-32)8-4-12-24(28)23-11-3-7-19(15-31)27(23)25(17)21/h1-12H. The number of nitriles is 4. The molecule has 0 saturated carbocycles. The Kier molecular flexibility index (Phi) is 4.28. The predicted octanol–water partition coefficient (Wildman–Crippen LogP) is 6.15. The van der Waals surface area contributed by atoms with E-state index in [0.717, 1.165) is 22.3 Å². The molecule has 0 bridgehead atoms. The molecule has 4 aromatic rings. The van der Waals surface area contributed by atoms with Crippen LogP contribution in [0.15, 0.2) is 72.8 Å². The van der Waals surface area contributed by atoms with E-state index >= 15 is 0 Å². The molecule has 4 heteroatoms. The Balaban J connectivity index is 2.14. The van der Waals surface area contributed by atoms with E-state index in [1.807, 2.05) is 24.3 Å². The molecule has 0 saturated heterocycles. The van der Waals surface area contributed by atoms with Gasteiger partial charge in [-0.05, 0) is 46.5 Å². The van der Waals surface area contributed by atoms with Gasteiger partial charge in [-0.2, -0.15) is 21.0 Å². The first-order chi connectivity index (χ1) is 15.7. The Bertz CT molecular complexity index is 1370. The average molecular weight is 404 g/mol. The fraction of sp³-hybridized carbons (Fsp3) is 0. The summed E-state index contributed by atoms with van der Waals surface area (Å²) in [6.45, 7) is 0. The normalized spacial score (nSPS) is 10.4. The number of fused-ring (bicyclic) bond motifs is 8. The van der Waals surface area contributed by atoms with Crippen molar-refractivity contribution in [2.45, 2.75) is 0 Å². The Hall–Kier alpha value is -5.16. The smallest absolute Gasteiger partial charge is 0.0998 e. The first kappa shape index (κ1) is 18.8. The van der Waals surface area contributed by atoms with E-state index in [-0.39, 0.29) is 0 Å². The van der Waals surface area contributed by atoms with E-state index < -0.39 is 0 Å². The van der Waals surface area contributed by atoms with Crippen molar-refractivity contribution in [3.8, 4) is 68.8 Å². The van der Waals surface area contributed by atoms with Crippen molar-refractivity contribution in [1.82, 2.24) is 0 Å². The van der Waals surface area contributed by atoms with Crippen LogP contribution in [0.1, 0.15) is 22.3 Å². The van der Waals surface area contributed by atoms with Crippen LogP contribution < -0.4 is 0 Å². The van der Waals surface area contributed by atoms with E-state index in [1.165, 1.54) is 0 Å². The Morgan fingerprint density at radius 2 is 0.562 bits per heavy atom. The van der Waals surface area contributed by atoms with Crippen LogP contribution in [0.4, 0.5) is 0 Å². The first-order valence-electron chi connectivity index (χ1n) is 9.87. The minimum Gasteiger partial charge on any atom is -0.192 e. The van der Waals surface area contributed by atoms with Gasteiger partial charge in [0, 0.05) is 22.3 Å². The van der Waals surface area contributed by atoms with Crippen LogP contribution >= 0.6 is 0 Å². The predicted molar refractivity (Wildman–Crippen MR) is 121 cm³/mol. The van der Waals surface area contributed by atoms with E-state index in [0.29, 0.717) is 44.5 Å². The summed E-state index contributed by atoms with van der Waals surface area (Å²) in [6, 6.07) is 30.8. The number of hydrogen-bond acceptors (Lipinski definition) is 4. The van der Waals surface area contributed by atoms with E-state index in [2.05, 4.69) is 24.3 Å². The fourth-order valence-electron chi connectivity index (χ4n) is 4.56. The lowest BCUT2D eigenvalue weighted by atomic mass is 9.76. The van der Waals surface area contributed by atoms with Crippen molar-refractivity contribution < 1.29 is 0 Å². The maximum absolute atomic E-state index is 9.94. The summed E-state index contributed by atoms with van der Waals surface area (Å²) in [4.78, 5) is 0. The highest BCUT2D eigenvalue weighted by atomic mass is 14.3. The summed E-state index contributed by atoms with van der Waals surface area (Å²) in [6.07, 6.45) is 0. The highest BCUT2D eigenvalue weighted by Gasteiger charge is 2.28. The lowest BCUT2D eigenvalue weighted by Gasteiger charge is -2.25. The van der Waals surface area contributed by atoms with Crippen molar-refractivity contribution in [3.05, 3.63) is 95.1 Å². The summed E-state index contributed by atoms with van der Waals surface area (Å²) in [5.74, 6) is 0. The number of nitrogens with zero attached hydrogens (tertiary/aromatic N) is 4. The summed E-state index contributed by atoms with van der Waals surface area (Å²) in [7, 11) is 0. The average Bonchev–Trinajstić information content (AvgIpc) is 2.85. The van der Waals surface area contributed by atoms with Crippen LogP contribution in [-0.4, -0.2) is 0 Å². The SMILES string of the molecule is N#Cc1cccc2c1-c1c(C#N)cccc1-c1cccc(C#N)c1-c1c(C#N)cccc1-2. The summed E-state index contributed by atoms with van der Waals surface area (Å²) < 4.78 is 0. The third-order valence-electron chi connectivity index (χ3n) is 5.82. The number of rotatable bonds is 0. The van der Waals surface area contributed by atoms with Crippen LogP contribution in [0.25, 0.3) is 44.5 Å².